The third kappa shape index (κ3) is 8.41. The smallest absolute Gasteiger partial charge is 0.119 e. The highest BCUT2D eigenvalue weighted by atomic mass is 19.1. The molecule has 1 unspecified atom stereocenters. The van der Waals surface area contributed by atoms with Gasteiger partial charge in [0.15, 0.2) is 0 Å². The zero-order valence-corrected chi connectivity index (χ0v) is 14.5. The van der Waals surface area contributed by atoms with E-state index in [4.69, 9.17) is 4.74 Å². The quantitative estimate of drug-likeness (QED) is 0.282. The summed E-state index contributed by atoms with van der Waals surface area (Å²) >= 11 is 0. The van der Waals surface area contributed by atoms with Crippen molar-refractivity contribution >= 4 is 0 Å². The summed E-state index contributed by atoms with van der Waals surface area (Å²) in [4.78, 5) is 0. The summed E-state index contributed by atoms with van der Waals surface area (Å²) in [5, 5.41) is 0. The SMILES string of the molecule is C=C(OCCCCCCCCC)C(C)CC1=CC(F)=CCC1. The molecule has 2 heteroatoms. The van der Waals surface area contributed by atoms with Gasteiger partial charge in [-0.3, -0.25) is 0 Å². The van der Waals surface area contributed by atoms with Crippen LogP contribution in [-0.4, -0.2) is 6.61 Å². The van der Waals surface area contributed by atoms with E-state index >= 15 is 0 Å². The number of unbranched alkanes of at least 4 members (excludes halogenated alkanes) is 6. The van der Waals surface area contributed by atoms with Crippen LogP contribution in [0.4, 0.5) is 4.39 Å². The van der Waals surface area contributed by atoms with E-state index in [1.807, 2.05) is 0 Å². The van der Waals surface area contributed by atoms with E-state index in [2.05, 4.69) is 20.4 Å². The van der Waals surface area contributed by atoms with Gasteiger partial charge >= 0.3 is 0 Å². The second-order valence-corrected chi connectivity index (χ2v) is 6.47. The molecule has 0 radical (unpaired) electrons. The van der Waals surface area contributed by atoms with Crippen molar-refractivity contribution in [2.24, 2.45) is 5.92 Å². The van der Waals surface area contributed by atoms with Crippen LogP contribution >= 0.6 is 0 Å². The van der Waals surface area contributed by atoms with Gasteiger partial charge < -0.3 is 4.74 Å². The molecule has 0 N–H and O–H groups in total. The highest BCUT2D eigenvalue weighted by Crippen LogP contribution is 2.27. The minimum Gasteiger partial charge on any atom is -0.498 e. The zero-order chi connectivity index (χ0) is 16.2. The van der Waals surface area contributed by atoms with Crippen LogP contribution in [0.3, 0.4) is 0 Å². The van der Waals surface area contributed by atoms with Gasteiger partial charge in [-0.2, -0.15) is 0 Å². The molecule has 126 valence electrons. The van der Waals surface area contributed by atoms with Gasteiger partial charge in [0.2, 0.25) is 0 Å². The van der Waals surface area contributed by atoms with Crippen LogP contribution in [0.2, 0.25) is 0 Å². The number of halogens is 1. The molecule has 1 rings (SSSR count). The van der Waals surface area contributed by atoms with Gasteiger partial charge in [-0.15, -0.1) is 0 Å². The maximum absolute atomic E-state index is 13.2. The van der Waals surface area contributed by atoms with Crippen LogP contribution in [0.5, 0.6) is 0 Å². The molecule has 0 saturated heterocycles. The molecule has 0 aliphatic heterocycles. The van der Waals surface area contributed by atoms with Gasteiger partial charge in [0, 0.05) is 5.92 Å². The molecule has 0 amide bonds. The molecule has 0 aromatic heterocycles. The maximum Gasteiger partial charge on any atom is 0.119 e. The number of ether oxygens (including phenoxy) is 1. The minimum atomic E-state index is -0.0944. The van der Waals surface area contributed by atoms with E-state index in [1.165, 1.54) is 44.1 Å². The van der Waals surface area contributed by atoms with Crippen LogP contribution in [0, 0.1) is 5.92 Å². The predicted octanol–water partition coefficient (Wildman–Crippen LogP) is 6.87. The van der Waals surface area contributed by atoms with E-state index in [9.17, 15) is 4.39 Å². The standard InChI is InChI=1S/C20H33FO/c1-4-5-6-7-8-9-10-14-22-18(3)17(2)15-19-12-11-13-20(21)16-19/h13,16-17H,3-12,14-15H2,1-2H3. The largest absolute Gasteiger partial charge is 0.498 e. The summed E-state index contributed by atoms with van der Waals surface area (Å²) in [5.74, 6) is 1.02. The van der Waals surface area contributed by atoms with Crippen LogP contribution in [-0.2, 0) is 4.74 Å². The van der Waals surface area contributed by atoms with Gasteiger partial charge in [0.25, 0.3) is 0 Å². The molecule has 0 aromatic rings. The van der Waals surface area contributed by atoms with Gasteiger partial charge in [-0.1, -0.05) is 64.5 Å². The van der Waals surface area contributed by atoms with Gasteiger partial charge in [-0.25, -0.2) is 4.39 Å². The van der Waals surface area contributed by atoms with Crippen molar-refractivity contribution in [3.05, 3.63) is 35.9 Å². The monoisotopic (exact) mass is 308 g/mol. The van der Waals surface area contributed by atoms with E-state index in [1.54, 1.807) is 12.2 Å². The topological polar surface area (TPSA) is 9.23 Å². The van der Waals surface area contributed by atoms with Crippen LogP contribution < -0.4 is 0 Å². The normalized spacial score (nSPS) is 16.0. The number of hydrogen-bond acceptors (Lipinski definition) is 1. The van der Waals surface area contributed by atoms with Crippen molar-refractivity contribution < 1.29 is 9.13 Å². The fourth-order valence-corrected chi connectivity index (χ4v) is 2.79. The number of allylic oxidation sites excluding steroid dienone is 5. The molecule has 0 fully saturated rings. The van der Waals surface area contributed by atoms with Crippen molar-refractivity contribution in [2.45, 2.75) is 78.1 Å². The summed E-state index contributed by atoms with van der Waals surface area (Å²) in [5.41, 5.74) is 1.17. The lowest BCUT2D eigenvalue weighted by atomic mass is 9.94. The Morgan fingerprint density at radius 2 is 1.91 bits per heavy atom. The van der Waals surface area contributed by atoms with Crippen LogP contribution in [0.1, 0.15) is 78.1 Å². The van der Waals surface area contributed by atoms with Gasteiger partial charge in [-0.05, 0) is 37.8 Å². The maximum atomic E-state index is 13.2. The average molecular weight is 308 g/mol. The summed E-state index contributed by atoms with van der Waals surface area (Å²) < 4.78 is 19.0. The molecule has 0 bridgehead atoms. The average Bonchev–Trinajstić information content (AvgIpc) is 2.49. The Kier molecular flexibility index (Phi) is 9.94. The predicted molar refractivity (Wildman–Crippen MR) is 93.4 cm³/mol. The van der Waals surface area contributed by atoms with Crippen molar-refractivity contribution in [2.75, 3.05) is 6.61 Å². The Morgan fingerprint density at radius 1 is 1.23 bits per heavy atom. The molecule has 0 heterocycles. The second-order valence-electron chi connectivity index (χ2n) is 6.47. The molecule has 0 saturated carbocycles. The van der Waals surface area contributed by atoms with Crippen molar-refractivity contribution in [1.82, 2.24) is 0 Å². The third-order valence-electron chi connectivity index (χ3n) is 4.30. The van der Waals surface area contributed by atoms with Crippen molar-refractivity contribution in [3.8, 4) is 0 Å². The second kappa shape index (κ2) is 11.5. The first-order valence-electron chi connectivity index (χ1n) is 9.00. The zero-order valence-electron chi connectivity index (χ0n) is 14.5. The van der Waals surface area contributed by atoms with E-state index in [-0.39, 0.29) is 11.7 Å². The Labute approximate surface area is 136 Å². The lowest BCUT2D eigenvalue weighted by Gasteiger charge is -2.19. The first-order valence-corrected chi connectivity index (χ1v) is 9.00. The first-order chi connectivity index (χ1) is 10.6. The Balaban J connectivity index is 2.08. The molecule has 0 spiro atoms. The molecular weight excluding hydrogens is 275 g/mol. The Morgan fingerprint density at radius 3 is 2.59 bits per heavy atom. The van der Waals surface area contributed by atoms with Crippen LogP contribution in [0.15, 0.2) is 35.9 Å². The van der Waals surface area contributed by atoms with E-state index < -0.39 is 0 Å². The van der Waals surface area contributed by atoms with Gasteiger partial charge in [0.05, 0.1) is 12.4 Å². The van der Waals surface area contributed by atoms with Crippen LogP contribution in [0.25, 0.3) is 0 Å². The molecule has 1 aliphatic carbocycles. The first kappa shape index (κ1) is 19.0. The third-order valence-corrected chi connectivity index (χ3v) is 4.30. The Hall–Kier alpha value is -1.05. The lowest BCUT2D eigenvalue weighted by molar-refractivity contribution is 0.176. The Bertz CT molecular complexity index is 381. The molecule has 0 aromatic carbocycles. The van der Waals surface area contributed by atoms with Crippen molar-refractivity contribution in [1.29, 1.82) is 0 Å². The molecule has 1 aliphatic rings. The van der Waals surface area contributed by atoms with Crippen molar-refractivity contribution in [3.63, 3.8) is 0 Å². The molecule has 1 atom stereocenters. The number of rotatable bonds is 12. The molecular formula is C20H33FO. The summed E-state index contributed by atoms with van der Waals surface area (Å²) in [6, 6.07) is 0. The van der Waals surface area contributed by atoms with E-state index in [0.29, 0.717) is 0 Å². The van der Waals surface area contributed by atoms with E-state index in [0.717, 1.165) is 38.0 Å². The lowest BCUT2D eigenvalue weighted by Crippen LogP contribution is -2.06. The fraction of sp³-hybridized carbons (Fsp3) is 0.700. The summed E-state index contributed by atoms with van der Waals surface area (Å²) in [6.07, 6.45) is 15.0. The highest BCUT2D eigenvalue weighted by molar-refractivity contribution is 5.23. The summed E-state index contributed by atoms with van der Waals surface area (Å²) in [7, 11) is 0. The van der Waals surface area contributed by atoms with Gasteiger partial charge in [0.1, 0.15) is 5.83 Å². The number of hydrogen-bond donors (Lipinski definition) is 0. The molecule has 22 heavy (non-hydrogen) atoms. The minimum absolute atomic E-state index is 0.0944. The molecule has 1 nitrogen and oxygen atoms in total. The highest BCUT2D eigenvalue weighted by Gasteiger charge is 2.13. The summed E-state index contributed by atoms with van der Waals surface area (Å²) in [6.45, 7) is 9.17. The fourth-order valence-electron chi connectivity index (χ4n) is 2.79.